The molecule has 1 saturated carbocycles. The molecule has 0 aliphatic heterocycles. The minimum Gasteiger partial charge on any atom is -0.488 e. The molecule has 0 saturated heterocycles. The topological polar surface area (TPSA) is 93.4 Å². The number of aliphatic hydroxyl groups is 2. The first-order valence-electron chi connectivity index (χ1n) is 5.96. The van der Waals surface area contributed by atoms with Crippen LogP contribution in [0.25, 0.3) is 0 Å². The molecular weight excluding hydrogens is 257 g/mol. The number of ether oxygens (including phenoxy) is 1. The summed E-state index contributed by atoms with van der Waals surface area (Å²) >= 11 is 0. The molecule has 106 valence electrons. The van der Waals surface area contributed by atoms with E-state index in [1.165, 1.54) is 0 Å². The van der Waals surface area contributed by atoms with Crippen LogP contribution in [0.5, 0.6) is 5.75 Å². The van der Waals surface area contributed by atoms with Crippen LogP contribution in [0.2, 0.25) is 0 Å². The monoisotopic (exact) mass is 273 g/mol. The fraction of sp³-hybridized carbons (Fsp3) is 0.500. The first-order valence-corrected chi connectivity index (χ1v) is 5.96. The molecule has 3 atom stereocenters. The summed E-state index contributed by atoms with van der Waals surface area (Å²) in [6.45, 7) is 0. The molecule has 0 aromatic heterocycles. The van der Waals surface area contributed by atoms with E-state index in [-0.39, 0.29) is 23.1 Å². The van der Waals surface area contributed by atoms with Gasteiger partial charge in [0.25, 0.3) is 0 Å². The first-order chi connectivity index (χ1) is 8.95. The summed E-state index contributed by atoms with van der Waals surface area (Å²) in [7, 11) is 0. The summed E-state index contributed by atoms with van der Waals surface area (Å²) < 4.78 is 18.6. The van der Waals surface area contributed by atoms with Gasteiger partial charge in [-0.1, -0.05) is 0 Å². The van der Waals surface area contributed by atoms with Crippen molar-refractivity contribution in [2.75, 3.05) is 5.23 Å². The molecular formula is C12H16FNO5. The van der Waals surface area contributed by atoms with Crippen LogP contribution in [0.4, 0.5) is 10.1 Å². The highest BCUT2D eigenvalue weighted by Crippen LogP contribution is 2.31. The lowest BCUT2D eigenvalue weighted by Crippen LogP contribution is -2.36. The molecule has 19 heavy (non-hydrogen) atoms. The first kappa shape index (κ1) is 14.0. The lowest BCUT2D eigenvalue weighted by molar-refractivity contribution is -0.0172. The van der Waals surface area contributed by atoms with Crippen molar-refractivity contribution in [3.05, 3.63) is 24.0 Å². The second-order valence-electron chi connectivity index (χ2n) is 4.66. The van der Waals surface area contributed by atoms with Crippen molar-refractivity contribution in [1.82, 2.24) is 0 Å². The number of anilines is 1. The van der Waals surface area contributed by atoms with Crippen LogP contribution in [0.15, 0.2) is 18.2 Å². The Hall–Kier alpha value is -1.41. The van der Waals surface area contributed by atoms with Gasteiger partial charge >= 0.3 is 0 Å². The van der Waals surface area contributed by atoms with E-state index >= 15 is 0 Å². The molecule has 1 fully saturated rings. The van der Waals surface area contributed by atoms with E-state index in [2.05, 4.69) is 0 Å². The summed E-state index contributed by atoms with van der Waals surface area (Å²) in [5.41, 5.74) is -0.115. The minimum absolute atomic E-state index is 0.0590. The van der Waals surface area contributed by atoms with Gasteiger partial charge < -0.3 is 14.9 Å². The van der Waals surface area contributed by atoms with Crippen LogP contribution in [-0.4, -0.2) is 38.9 Å². The predicted molar refractivity (Wildman–Crippen MR) is 62.7 cm³/mol. The standard InChI is InChI=1S/C12H16FNO5/c13-7-1-2-11(14(17)18)12(3-7)19-10-5-8(15)4-9(16)6-10/h1-3,8-10,15-18H,4-6H2/t8-,9+,10-. The van der Waals surface area contributed by atoms with Crippen molar-refractivity contribution < 1.29 is 29.8 Å². The zero-order valence-corrected chi connectivity index (χ0v) is 10.1. The number of nitrogens with zero attached hydrogens (tertiary/aromatic N) is 1. The van der Waals surface area contributed by atoms with Gasteiger partial charge in [-0.3, -0.25) is 10.4 Å². The number of hydrogen-bond acceptors (Lipinski definition) is 6. The van der Waals surface area contributed by atoms with Crippen molar-refractivity contribution in [1.29, 1.82) is 0 Å². The molecule has 1 aliphatic rings. The Morgan fingerprint density at radius 1 is 1.11 bits per heavy atom. The Morgan fingerprint density at radius 2 is 1.74 bits per heavy atom. The lowest BCUT2D eigenvalue weighted by Gasteiger charge is -2.30. The van der Waals surface area contributed by atoms with E-state index in [1.54, 1.807) is 0 Å². The van der Waals surface area contributed by atoms with Crippen molar-refractivity contribution in [2.24, 2.45) is 0 Å². The van der Waals surface area contributed by atoms with Crippen molar-refractivity contribution in [3.63, 3.8) is 0 Å². The molecule has 0 spiro atoms. The third-order valence-corrected chi connectivity index (χ3v) is 3.05. The molecule has 4 N–H and O–H groups in total. The Labute approximate surface area is 109 Å². The summed E-state index contributed by atoms with van der Waals surface area (Å²) in [5, 5.41) is 36.9. The van der Waals surface area contributed by atoms with Crippen LogP contribution in [0.1, 0.15) is 19.3 Å². The van der Waals surface area contributed by atoms with Gasteiger partial charge in [0.05, 0.1) is 12.2 Å². The third-order valence-electron chi connectivity index (χ3n) is 3.05. The van der Waals surface area contributed by atoms with Crippen molar-refractivity contribution in [3.8, 4) is 5.75 Å². The molecule has 0 unspecified atom stereocenters. The average molecular weight is 273 g/mol. The van der Waals surface area contributed by atoms with Gasteiger partial charge in [-0.2, -0.15) is 0 Å². The Kier molecular flexibility index (Phi) is 4.20. The maximum atomic E-state index is 13.2. The van der Waals surface area contributed by atoms with Gasteiger partial charge in [-0.25, -0.2) is 4.39 Å². The minimum atomic E-state index is -0.690. The number of halogens is 1. The van der Waals surface area contributed by atoms with Gasteiger partial charge in [-0.15, -0.1) is 5.23 Å². The third kappa shape index (κ3) is 3.54. The van der Waals surface area contributed by atoms with E-state index in [0.29, 0.717) is 12.8 Å². The summed E-state index contributed by atoms with van der Waals surface area (Å²) in [6.07, 6.45) is -1.02. The van der Waals surface area contributed by atoms with E-state index in [1.807, 2.05) is 0 Å². The quantitative estimate of drug-likeness (QED) is 0.615. The smallest absolute Gasteiger partial charge is 0.151 e. The fourth-order valence-electron chi connectivity index (χ4n) is 2.23. The zero-order chi connectivity index (χ0) is 14.0. The van der Waals surface area contributed by atoms with Gasteiger partial charge in [0.2, 0.25) is 0 Å². The number of rotatable bonds is 3. The van der Waals surface area contributed by atoms with Crippen LogP contribution in [0.3, 0.4) is 0 Å². The number of benzene rings is 1. The Bertz CT molecular complexity index is 432. The van der Waals surface area contributed by atoms with Gasteiger partial charge in [0.15, 0.2) is 5.75 Å². The second-order valence-corrected chi connectivity index (χ2v) is 4.66. The van der Waals surface area contributed by atoms with E-state index < -0.39 is 24.1 Å². The molecule has 2 rings (SSSR count). The summed E-state index contributed by atoms with van der Waals surface area (Å²) in [6, 6.07) is 3.23. The molecule has 0 radical (unpaired) electrons. The van der Waals surface area contributed by atoms with Crippen molar-refractivity contribution >= 4 is 5.69 Å². The molecule has 1 aromatic rings. The van der Waals surface area contributed by atoms with Gasteiger partial charge in [0, 0.05) is 18.9 Å². The van der Waals surface area contributed by atoms with Crippen LogP contribution >= 0.6 is 0 Å². The lowest BCUT2D eigenvalue weighted by atomic mass is 9.92. The largest absolute Gasteiger partial charge is 0.488 e. The van der Waals surface area contributed by atoms with E-state index in [9.17, 15) is 14.6 Å². The zero-order valence-electron chi connectivity index (χ0n) is 10.1. The number of aliphatic hydroxyl groups excluding tert-OH is 2. The molecule has 0 heterocycles. The van der Waals surface area contributed by atoms with Gasteiger partial charge in [-0.05, 0) is 18.6 Å². The molecule has 0 bridgehead atoms. The molecule has 1 aliphatic carbocycles. The predicted octanol–water partition coefficient (Wildman–Crippen LogP) is 1.06. The van der Waals surface area contributed by atoms with Crippen LogP contribution in [-0.2, 0) is 0 Å². The highest BCUT2D eigenvalue weighted by molar-refractivity contribution is 5.55. The van der Waals surface area contributed by atoms with E-state index in [0.717, 1.165) is 18.2 Å². The van der Waals surface area contributed by atoms with Crippen LogP contribution in [0, 0.1) is 5.82 Å². The van der Waals surface area contributed by atoms with Gasteiger partial charge in [0.1, 0.15) is 17.6 Å². The molecule has 7 heteroatoms. The molecule has 6 nitrogen and oxygen atoms in total. The molecule has 1 aromatic carbocycles. The fourth-order valence-corrected chi connectivity index (χ4v) is 2.23. The SMILES string of the molecule is O[C@@H]1C[C@H](O)C[C@H](Oc2cc(F)ccc2N(O)O)C1. The van der Waals surface area contributed by atoms with Crippen LogP contribution < -0.4 is 9.96 Å². The summed E-state index contributed by atoms with van der Waals surface area (Å²) in [5.74, 6) is -0.645. The normalized spacial score (nSPS) is 27.1. The average Bonchev–Trinajstić information content (AvgIpc) is 2.26. The van der Waals surface area contributed by atoms with Crippen molar-refractivity contribution in [2.45, 2.75) is 37.6 Å². The maximum Gasteiger partial charge on any atom is 0.151 e. The number of hydrogen-bond donors (Lipinski definition) is 4. The molecule has 0 amide bonds. The van der Waals surface area contributed by atoms with E-state index in [4.69, 9.17) is 15.2 Å². The highest BCUT2D eigenvalue weighted by atomic mass is 19.1. The highest BCUT2D eigenvalue weighted by Gasteiger charge is 2.28. The Balaban J connectivity index is 2.15. The Morgan fingerprint density at radius 3 is 2.32 bits per heavy atom. The maximum absolute atomic E-state index is 13.2. The second kappa shape index (κ2) is 5.70. The summed E-state index contributed by atoms with van der Waals surface area (Å²) in [4.78, 5) is 0.